The van der Waals surface area contributed by atoms with Crippen LogP contribution in [0.25, 0.3) is 0 Å². The van der Waals surface area contributed by atoms with Crippen LogP contribution in [0, 0.1) is 0 Å². The topological polar surface area (TPSA) is 26.3 Å². The predicted molar refractivity (Wildman–Crippen MR) is 54.5 cm³/mol. The zero-order valence-electron chi connectivity index (χ0n) is 7.32. The summed E-state index contributed by atoms with van der Waals surface area (Å²) in [7, 11) is 0. The van der Waals surface area contributed by atoms with Crippen molar-refractivity contribution in [1.29, 1.82) is 0 Å². The Bertz CT molecular complexity index is 306. The molecule has 3 heteroatoms. The van der Waals surface area contributed by atoms with Crippen LogP contribution in [0.4, 0.5) is 0 Å². The molecule has 0 radical (unpaired) electrons. The number of ether oxygens (including phenoxy) is 1. The molecular formula is C10H10O2S. The van der Waals surface area contributed by atoms with Gasteiger partial charge in [0.25, 0.3) is 0 Å². The van der Waals surface area contributed by atoms with E-state index in [2.05, 4.69) is 12.2 Å². The van der Waals surface area contributed by atoms with Crippen molar-refractivity contribution in [3.8, 4) is 0 Å². The van der Waals surface area contributed by atoms with E-state index < -0.39 is 5.97 Å². The molecule has 0 fully saturated rings. The summed E-state index contributed by atoms with van der Waals surface area (Å²) in [6.07, 6.45) is 0. The van der Waals surface area contributed by atoms with Gasteiger partial charge in [-0.25, -0.2) is 4.79 Å². The fourth-order valence-electron chi connectivity index (χ4n) is 0.825. The van der Waals surface area contributed by atoms with Crippen molar-refractivity contribution in [2.24, 2.45) is 0 Å². The largest absolute Gasteiger partial charge is 0.457 e. The highest BCUT2D eigenvalue weighted by Crippen LogP contribution is 2.00. The molecule has 0 N–H and O–H groups in total. The van der Waals surface area contributed by atoms with Crippen LogP contribution in [-0.2, 0) is 16.1 Å². The second kappa shape index (κ2) is 4.72. The molecule has 1 aromatic carbocycles. The summed E-state index contributed by atoms with van der Waals surface area (Å²) >= 11 is 4.66. The van der Waals surface area contributed by atoms with Gasteiger partial charge in [-0.1, -0.05) is 42.5 Å². The quantitative estimate of drug-likeness (QED) is 0.544. The molecule has 0 amide bonds. The molecule has 0 aliphatic heterocycles. The standard InChI is InChI=1S/C10H10O2S/c1-8(13)10(11)12-7-9-5-3-2-4-6-9/h2-6H,7H2,1H3. The third-order valence-electron chi connectivity index (χ3n) is 1.50. The van der Waals surface area contributed by atoms with Crippen molar-refractivity contribution < 1.29 is 9.53 Å². The summed E-state index contributed by atoms with van der Waals surface area (Å²) in [4.78, 5) is 11.2. The molecule has 2 nitrogen and oxygen atoms in total. The lowest BCUT2D eigenvalue weighted by molar-refractivity contribution is -0.136. The van der Waals surface area contributed by atoms with E-state index in [1.807, 2.05) is 30.3 Å². The highest BCUT2D eigenvalue weighted by Gasteiger charge is 2.04. The number of benzene rings is 1. The Morgan fingerprint density at radius 1 is 1.38 bits per heavy atom. The molecular weight excluding hydrogens is 184 g/mol. The van der Waals surface area contributed by atoms with Crippen molar-refractivity contribution in [3.05, 3.63) is 35.9 Å². The van der Waals surface area contributed by atoms with Gasteiger partial charge in [-0.15, -0.1) is 0 Å². The van der Waals surface area contributed by atoms with Gasteiger partial charge in [0.1, 0.15) is 6.61 Å². The minimum Gasteiger partial charge on any atom is -0.457 e. The average Bonchev–Trinajstić information content (AvgIpc) is 2.15. The van der Waals surface area contributed by atoms with E-state index in [9.17, 15) is 4.79 Å². The Morgan fingerprint density at radius 2 is 2.00 bits per heavy atom. The second-order valence-electron chi connectivity index (χ2n) is 2.62. The number of carbonyl (C=O) groups excluding carboxylic acids is 1. The molecule has 0 aromatic heterocycles. The van der Waals surface area contributed by atoms with Gasteiger partial charge in [0.05, 0.1) is 4.86 Å². The summed E-state index contributed by atoms with van der Waals surface area (Å²) in [6.45, 7) is 1.84. The Balaban J connectivity index is 2.44. The Labute approximate surface area is 82.5 Å². The molecule has 13 heavy (non-hydrogen) atoms. The van der Waals surface area contributed by atoms with Crippen molar-refractivity contribution in [1.82, 2.24) is 0 Å². The van der Waals surface area contributed by atoms with Gasteiger partial charge in [-0.2, -0.15) is 0 Å². The van der Waals surface area contributed by atoms with Gasteiger partial charge in [-0.3, -0.25) is 0 Å². The minimum atomic E-state index is -0.418. The van der Waals surface area contributed by atoms with Crippen molar-refractivity contribution in [2.75, 3.05) is 0 Å². The first-order valence-corrected chi connectivity index (χ1v) is 4.32. The second-order valence-corrected chi connectivity index (χ2v) is 3.23. The maximum atomic E-state index is 11.0. The van der Waals surface area contributed by atoms with Crippen LogP contribution in [0.15, 0.2) is 30.3 Å². The molecule has 0 heterocycles. The van der Waals surface area contributed by atoms with Gasteiger partial charge in [-0.05, 0) is 12.5 Å². The molecule has 0 spiro atoms. The van der Waals surface area contributed by atoms with Crippen LogP contribution in [0.5, 0.6) is 0 Å². The number of esters is 1. The summed E-state index contributed by atoms with van der Waals surface area (Å²) in [5.41, 5.74) is 0.965. The van der Waals surface area contributed by atoms with Gasteiger partial charge < -0.3 is 4.74 Å². The summed E-state index contributed by atoms with van der Waals surface area (Å²) < 4.78 is 4.91. The van der Waals surface area contributed by atoms with Gasteiger partial charge in [0, 0.05) is 0 Å². The molecule has 0 aliphatic rings. The van der Waals surface area contributed by atoms with E-state index in [0.717, 1.165) is 5.56 Å². The molecule has 0 atom stereocenters. The first-order valence-electron chi connectivity index (χ1n) is 3.92. The number of rotatable bonds is 3. The summed E-state index contributed by atoms with van der Waals surface area (Å²) in [5, 5.41) is 0. The normalized spacial score (nSPS) is 9.31. The molecule has 0 aliphatic carbocycles. The predicted octanol–water partition coefficient (Wildman–Crippen LogP) is 2.12. The third kappa shape index (κ3) is 3.34. The smallest absolute Gasteiger partial charge is 0.344 e. The highest BCUT2D eigenvalue weighted by atomic mass is 32.1. The minimum absolute atomic E-state index is 0.260. The summed E-state index contributed by atoms with van der Waals surface area (Å²) in [5.74, 6) is -0.418. The lowest BCUT2D eigenvalue weighted by Crippen LogP contribution is -2.11. The Hall–Kier alpha value is -1.22. The molecule has 0 saturated carbocycles. The average molecular weight is 194 g/mol. The number of hydrogen-bond acceptors (Lipinski definition) is 3. The monoisotopic (exact) mass is 194 g/mol. The van der Waals surface area contributed by atoms with Crippen molar-refractivity contribution in [3.63, 3.8) is 0 Å². The lowest BCUT2D eigenvalue weighted by Gasteiger charge is -2.02. The maximum absolute atomic E-state index is 11.0. The number of carbonyl (C=O) groups is 1. The fraction of sp³-hybridized carbons (Fsp3) is 0.200. The Morgan fingerprint density at radius 3 is 2.54 bits per heavy atom. The van der Waals surface area contributed by atoms with E-state index in [4.69, 9.17) is 4.74 Å². The molecule has 0 bridgehead atoms. The van der Waals surface area contributed by atoms with Crippen LogP contribution in [0.2, 0.25) is 0 Å². The zero-order valence-corrected chi connectivity index (χ0v) is 8.14. The van der Waals surface area contributed by atoms with E-state index in [0.29, 0.717) is 0 Å². The Kier molecular flexibility index (Phi) is 3.58. The van der Waals surface area contributed by atoms with Crippen LogP contribution in [0.1, 0.15) is 12.5 Å². The first-order chi connectivity index (χ1) is 6.20. The molecule has 0 unspecified atom stereocenters. The van der Waals surface area contributed by atoms with E-state index in [1.54, 1.807) is 6.92 Å². The molecule has 68 valence electrons. The van der Waals surface area contributed by atoms with Gasteiger partial charge >= 0.3 is 5.97 Å². The van der Waals surface area contributed by atoms with Gasteiger partial charge in [0.15, 0.2) is 0 Å². The van der Waals surface area contributed by atoms with Crippen LogP contribution in [-0.4, -0.2) is 10.8 Å². The molecule has 1 rings (SSSR count). The van der Waals surface area contributed by atoms with Crippen LogP contribution in [0.3, 0.4) is 0 Å². The number of hydrogen-bond donors (Lipinski definition) is 0. The van der Waals surface area contributed by atoms with Crippen molar-refractivity contribution >= 4 is 23.1 Å². The fourth-order valence-corrected chi connectivity index (χ4v) is 0.884. The van der Waals surface area contributed by atoms with Crippen molar-refractivity contribution in [2.45, 2.75) is 13.5 Å². The number of thiocarbonyl (C=S) groups is 1. The molecule has 1 aromatic rings. The maximum Gasteiger partial charge on any atom is 0.344 e. The van der Waals surface area contributed by atoms with E-state index in [1.165, 1.54) is 0 Å². The van der Waals surface area contributed by atoms with Crippen LogP contribution < -0.4 is 0 Å². The van der Waals surface area contributed by atoms with Crippen LogP contribution >= 0.6 is 12.2 Å². The highest BCUT2D eigenvalue weighted by molar-refractivity contribution is 7.82. The molecule has 0 saturated heterocycles. The summed E-state index contributed by atoms with van der Waals surface area (Å²) in [6, 6.07) is 9.49. The third-order valence-corrected chi connectivity index (χ3v) is 1.67. The van der Waals surface area contributed by atoms with E-state index in [-0.39, 0.29) is 11.5 Å². The SMILES string of the molecule is CC(=S)C(=O)OCc1ccccc1. The van der Waals surface area contributed by atoms with Gasteiger partial charge in [0.2, 0.25) is 0 Å². The lowest BCUT2D eigenvalue weighted by atomic mass is 10.2. The zero-order chi connectivity index (χ0) is 9.68. The first kappa shape index (κ1) is 9.86. The van der Waals surface area contributed by atoms with E-state index >= 15 is 0 Å².